The van der Waals surface area contributed by atoms with E-state index >= 15 is 0 Å². The largest absolute Gasteiger partial charge is 0.305 e. The molecule has 0 amide bonds. The molecule has 1 N–H and O–H groups in total. The molecule has 17 heavy (non-hydrogen) atoms. The van der Waals surface area contributed by atoms with Crippen LogP contribution in [0.25, 0.3) is 0 Å². The van der Waals surface area contributed by atoms with Crippen molar-refractivity contribution in [1.29, 1.82) is 0 Å². The first-order chi connectivity index (χ1) is 8.40. The van der Waals surface area contributed by atoms with Gasteiger partial charge in [-0.2, -0.15) is 0 Å². The second-order valence-electron chi connectivity index (χ2n) is 3.85. The van der Waals surface area contributed by atoms with Crippen molar-refractivity contribution in [1.82, 2.24) is 10.3 Å². The minimum atomic E-state index is 0.186. The molecule has 0 fully saturated rings. The van der Waals surface area contributed by atoms with E-state index in [0.29, 0.717) is 5.88 Å². The zero-order valence-electron chi connectivity index (χ0n) is 9.51. The van der Waals surface area contributed by atoms with Crippen molar-refractivity contribution in [2.45, 2.75) is 12.6 Å². The second-order valence-corrected chi connectivity index (χ2v) is 4.16. The van der Waals surface area contributed by atoms with Crippen LogP contribution in [0, 0.1) is 0 Å². The summed E-state index contributed by atoms with van der Waals surface area (Å²) in [6, 6.07) is 14.4. The lowest BCUT2D eigenvalue weighted by Crippen LogP contribution is -2.22. The third-order valence-corrected chi connectivity index (χ3v) is 2.97. The minimum absolute atomic E-state index is 0.186. The molecule has 0 saturated carbocycles. The molecule has 2 aromatic rings. The molecule has 88 valence electrons. The van der Waals surface area contributed by atoms with E-state index in [1.165, 1.54) is 11.1 Å². The van der Waals surface area contributed by atoms with E-state index in [-0.39, 0.29) is 6.04 Å². The fourth-order valence-corrected chi connectivity index (χ4v) is 1.98. The number of hydrogen-bond donors (Lipinski definition) is 1. The smallest absolute Gasteiger partial charge is 0.0460 e. The van der Waals surface area contributed by atoms with Crippen molar-refractivity contribution in [3.8, 4) is 0 Å². The van der Waals surface area contributed by atoms with Crippen LogP contribution < -0.4 is 5.32 Å². The average molecular weight is 247 g/mol. The Hall–Kier alpha value is -1.38. The summed E-state index contributed by atoms with van der Waals surface area (Å²) in [7, 11) is 0. The van der Waals surface area contributed by atoms with Crippen molar-refractivity contribution in [3.05, 3.63) is 66.0 Å². The van der Waals surface area contributed by atoms with Gasteiger partial charge in [-0.3, -0.25) is 4.98 Å². The third kappa shape index (κ3) is 3.55. The maximum absolute atomic E-state index is 5.99. The molecular formula is C14H15ClN2. The Bertz CT molecular complexity index is 430. The summed E-state index contributed by atoms with van der Waals surface area (Å²) >= 11 is 5.99. The fourth-order valence-electron chi connectivity index (χ4n) is 1.69. The molecule has 1 aromatic carbocycles. The quantitative estimate of drug-likeness (QED) is 0.820. The molecule has 2 rings (SSSR count). The number of nitrogens with zero attached hydrogens (tertiary/aromatic N) is 1. The van der Waals surface area contributed by atoms with Crippen LogP contribution in [0.2, 0.25) is 0 Å². The van der Waals surface area contributed by atoms with Crippen molar-refractivity contribution in [2.24, 2.45) is 0 Å². The van der Waals surface area contributed by atoms with Crippen LogP contribution in [-0.2, 0) is 6.54 Å². The lowest BCUT2D eigenvalue weighted by molar-refractivity contribution is 0.579. The summed E-state index contributed by atoms with van der Waals surface area (Å²) in [4.78, 5) is 4.00. The molecule has 1 heterocycles. The average Bonchev–Trinajstić information content (AvgIpc) is 2.42. The van der Waals surface area contributed by atoms with Crippen LogP contribution in [0.5, 0.6) is 0 Å². The van der Waals surface area contributed by atoms with E-state index in [1.54, 1.807) is 12.4 Å². The Morgan fingerprint density at radius 2 is 1.76 bits per heavy atom. The van der Waals surface area contributed by atoms with Crippen LogP contribution in [0.1, 0.15) is 17.2 Å². The Kier molecular flexibility index (Phi) is 4.54. The van der Waals surface area contributed by atoms with Crippen molar-refractivity contribution < 1.29 is 0 Å². The molecule has 0 radical (unpaired) electrons. The molecule has 0 bridgehead atoms. The highest BCUT2D eigenvalue weighted by Crippen LogP contribution is 2.14. The first kappa shape index (κ1) is 12.1. The molecule has 1 atom stereocenters. The van der Waals surface area contributed by atoms with Gasteiger partial charge in [-0.15, -0.1) is 11.6 Å². The van der Waals surface area contributed by atoms with E-state index in [2.05, 4.69) is 22.4 Å². The van der Waals surface area contributed by atoms with Gasteiger partial charge < -0.3 is 5.32 Å². The first-order valence-electron chi connectivity index (χ1n) is 5.63. The standard InChI is InChI=1S/C14H15ClN2/c15-10-14(13-4-2-1-3-5-13)17-11-12-6-8-16-9-7-12/h1-9,14,17H,10-11H2. The van der Waals surface area contributed by atoms with Gasteiger partial charge in [0.2, 0.25) is 0 Å². The zero-order valence-corrected chi connectivity index (χ0v) is 10.3. The number of halogens is 1. The van der Waals surface area contributed by atoms with Gasteiger partial charge in [-0.1, -0.05) is 30.3 Å². The van der Waals surface area contributed by atoms with Gasteiger partial charge in [0.25, 0.3) is 0 Å². The Balaban J connectivity index is 1.97. The molecule has 3 heteroatoms. The maximum Gasteiger partial charge on any atom is 0.0460 e. The molecule has 1 unspecified atom stereocenters. The van der Waals surface area contributed by atoms with Crippen LogP contribution in [-0.4, -0.2) is 10.9 Å². The highest BCUT2D eigenvalue weighted by Gasteiger charge is 2.08. The number of aromatic nitrogens is 1. The first-order valence-corrected chi connectivity index (χ1v) is 6.17. The van der Waals surface area contributed by atoms with Crippen LogP contribution in [0.15, 0.2) is 54.9 Å². The lowest BCUT2D eigenvalue weighted by Gasteiger charge is -2.16. The SMILES string of the molecule is ClCC(NCc1ccncc1)c1ccccc1. The predicted molar refractivity (Wildman–Crippen MR) is 71.0 cm³/mol. The van der Waals surface area contributed by atoms with Crippen molar-refractivity contribution >= 4 is 11.6 Å². The third-order valence-electron chi connectivity index (χ3n) is 2.66. The molecule has 1 aromatic heterocycles. The topological polar surface area (TPSA) is 24.9 Å². The number of pyridine rings is 1. The summed E-state index contributed by atoms with van der Waals surface area (Å²) in [6.07, 6.45) is 3.60. The summed E-state index contributed by atoms with van der Waals surface area (Å²) in [5.41, 5.74) is 2.43. The van der Waals surface area contributed by atoms with Crippen molar-refractivity contribution in [3.63, 3.8) is 0 Å². The number of benzene rings is 1. The van der Waals surface area contributed by atoms with Crippen LogP contribution in [0.3, 0.4) is 0 Å². The molecule has 0 aliphatic carbocycles. The molecule has 0 saturated heterocycles. The minimum Gasteiger partial charge on any atom is -0.305 e. The number of nitrogens with one attached hydrogen (secondary N) is 1. The van der Waals surface area contributed by atoms with Gasteiger partial charge in [0, 0.05) is 30.9 Å². The molecular weight excluding hydrogens is 232 g/mol. The molecule has 0 aliphatic heterocycles. The van der Waals surface area contributed by atoms with Gasteiger partial charge in [0.1, 0.15) is 0 Å². The van der Waals surface area contributed by atoms with Crippen LogP contribution in [0.4, 0.5) is 0 Å². The Morgan fingerprint density at radius 1 is 1.06 bits per heavy atom. The molecule has 2 nitrogen and oxygen atoms in total. The van der Waals surface area contributed by atoms with Crippen molar-refractivity contribution in [2.75, 3.05) is 5.88 Å². The number of alkyl halides is 1. The summed E-state index contributed by atoms with van der Waals surface area (Å²) in [5.74, 6) is 0.565. The number of hydrogen-bond acceptors (Lipinski definition) is 2. The van der Waals surface area contributed by atoms with Gasteiger partial charge in [0.15, 0.2) is 0 Å². The Morgan fingerprint density at radius 3 is 2.41 bits per heavy atom. The van der Waals surface area contributed by atoms with E-state index in [9.17, 15) is 0 Å². The van der Waals surface area contributed by atoms with E-state index in [4.69, 9.17) is 11.6 Å². The van der Waals surface area contributed by atoms with Crippen LogP contribution >= 0.6 is 11.6 Å². The lowest BCUT2D eigenvalue weighted by atomic mass is 10.1. The van der Waals surface area contributed by atoms with E-state index in [1.807, 2.05) is 30.3 Å². The molecule has 0 spiro atoms. The highest BCUT2D eigenvalue weighted by molar-refractivity contribution is 6.18. The highest BCUT2D eigenvalue weighted by atomic mass is 35.5. The normalized spacial score (nSPS) is 12.3. The van der Waals surface area contributed by atoms with Gasteiger partial charge >= 0.3 is 0 Å². The van der Waals surface area contributed by atoms with Gasteiger partial charge in [-0.25, -0.2) is 0 Å². The van der Waals surface area contributed by atoms with Gasteiger partial charge in [-0.05, 0) is 23.3 Å². The fraction of sp³-hybridized carbons (Fsp3) is 0.214. The number of rotatable bonds is 5. The summed E-state index contributed by atoms with van der Waals surface area (Å²) in [6.45, 7) is 0.800. The second kappa shape index (κ2) is 6.38. The monoisotopic (exact) mass is 246 g/mol. The van der Waals surface area contributed by atoms with Gasteiger partial charge in [0.05, 0.1) is 0 Å². The Labute approximate surface area is 107 Å². The van der Waals surface area contributed by atoms with E-state index < -0.39 is 0 Å². The maximum atomic E-state index is 5.99. The summed E-state index contributed by atoms with van der Waals surface area (Å²) < 4.78 is 0. The zero-order chi connectivity index (χ0) is 11.9. The van der Waals surface area contributed by atoms with E-state index in [0.717, 1.165) is 6.54 Å². The molecule has 0 aliphatic rings. The summed E-state index contributed by atoms with van der Waals surface area (Å²) in [5, 5.41) is 3.44. The predicted octanol–water partition coefficient (Wildman–Crippen LogP) is 3.15.